The van der Waals surface area contributed by atoms with Gasteiger partial charge in [0.05, 0.1) is 5.75 Å². The lowest BCUT2D eigenvalue weighted by Crippen LogP contribution is -2.36. The van der Waals surface area contributed by atoms with Gasteiger partial charge in [0.25, 0.3) is 0 Å². The molecule has 1 atom stereocenters. The van der Waals surface area contributed by atoms with Crippen LogP contribution in [-0.2, 0) is 10.0 Å². The Morgan fingerprint density at radius 1 is 1.12 bits per heavy atom. The zero-order valence-electron chi connectivity index (χ0n) is 10.5. The van der Waals surface area contributed by atoms with Crippen LogP contribution in [-0.4, -0.2) is 26.8 Å². The zero-order chi connectivity index (χ0) is 12.4. The van der Waals surface area contributed by atoms with Crippen LogP contribution in [0.5, 0.6) is 0 Å². The summed E-state index contributed by atoms with van der Waals surface area (Å²) >= 11 is 0. The van der Waals surface area contributed by atoms with Gasteiger partial charge in [-0.2, -0.15) is 0 Å². The van der Waals surface area contributed by atoms with Crippen LogP contribution in [0.3, 0.4) is 0 Å². The quantitative estimate of drug-likeness (QED) is 0.619. The average molecular weight is 250 g/mol. The van der Waals surface area contributed by atoms with Crippen molar-refractivity contribution < 1.29 is 8.42 Å². The third-order valence-electron chi connectivity index (χ3n) is 2.51. The van der Waals surface area contributed by atoms with Crippen LogP contribution in [0.25, 0.3) is 0 Å². The van der Waals surface area contributed by atoms with Gasteiger partial charge in [0, 0.05) is 6.04 Å². The molecule has 0 rings (SSSR count). The van der Waals surface area contributed by atoms with Crippen LogP contribution in [0.4, 0.5) is 0 Å². The molecule has 16 heavy (non-hydrogen) atoms. The summed E-state index contributed by atoms with van der Waals surface area (Å²) in [5.74, 6) is 0.149. The molecule has 0 aliphatic heterocycles. The molecule has 0 saturated carbocycles. The maximum atomic E-state index is 11.7. The first-order chi connectivity index (χ1) is 7.55. The smallest absolute Gasteiger partial charge is 0.211 e. The van der Waals surface area contributed by atoms with Crippen molar-refractivity contribution in [2.45, 2.75) is 58.4 Å². The Hall–Kier alpha value is -0.130. The molecular formula is C11H26N2O2S. The fourth-order valence-electron chi connectivity index (χ4n) is 1.65. The number of unbranched alkanes of at least 4 members (excludes halogenated alkanes) is 1. The van der Waals surface area contributed by atoms with E-state index < -0.39 is 10.0 Å². The van der Waals surface area contributed by atoms with Gasteiger partial charge in [-0.05, 0) is 25.8 Å². The van der Waals surface area contributed by atoms with E-state index in [2.05, 4.69) is 18.6 Å². The SMILES string of the molecule is CCCCC(CCC)NS(=O)(=O)CCCN. The molecule has 0 amide bonds. The molecule has 0 aromatic rings. The average Bonchev–Trinajstić information content (AvgIpc) is 2.23. The van der Waals surface area contributed by atoms with Gasteiger partial charge in [-0.15, -0.1) is 0 Å². The molecule has 0 aliphatic carbocycles. The molecule has 0 heterocycles. The zero-order valence-corrected chi connectivity index (χ0v) is 11.4. The maximum Gasteiger partial charge on any atom is 0.211 e. The highest BCUT2D eigenvalue weighted by Gasteiger charge is 2.16. The normalized spacial score (nSPS) is 13.9. The predicted molar refractivity (Wildman–Crippen MR) is 68.8 cm³/mol. The molecule has 0 radical (unpaired) electrons. The van der Waals surface area contributed by atoms with Gasteiger partial charge < -0.3 is 5.73 Å². The van der Waals surface area contributed by atoms with Crippen LogP contribution >= 0.6 is 0 Å². The van der Waals surface area contributed by atoms with Gasteiger partial charge >= 0.3 is 0 Å². The molecule has 0 aromatic carbocycles. The van der Waals surface area contributed by atoms with Gasteiger partial charge in [-0.25, -0.2) is 13.1 Å². The number of sulfonamides is 1. The summed E-state index contributed by atoms with van der Waals surface area (Å²) in [6.07, 6.45) is 5.57. The van der Waals surface area contributed by atoms with E-state index in [4.69, 9.17) is 5.73 Å². The summed E-state index contributed by atoms with van der Waals surface area (Å²) < 4.78 is 26.1. The fraction of sp³-hybridized carbons (Fsp3) is 1.00. The van der Waals surface area contributed by atoms with Gasteiger partial charge in [0.1, 0.15) is 0 Å². The highest BCUT2D eigenvalue weighted by molar-refractivity contribution is 7.89. The highest BCUT2D eigenvalue weighted by atomic mass is 32.2. The first-order valence-corrected chi connectivity index (χ1v) is 7.91. The molecule has 0 aromatic heterocycles. The van der Waals surface area contributed by atoms with Crippen LogP contribution in [0.15, 0.2) is 0 Å². The summed E-state index contributed by atoms with van der Waals surface area (Å²) in [7, 11) is -3.13. The summed E-state index contributed by atoms with van der Waals surface area (Å²) in [6, 6.07) is 0.104. The first kappa shape index (κ1) is 15.9. The third-order valence-corrected chi connectivity index (χ3v) is 4.03. The van der Waals surface area contributed by atoms with E-state index >= 15 is 0 Å². The molecule has 0 spiro atoms. The minimum absolute atomic E-state index is 0.104. The molecule has 0 aliphatic rings. The van der Waals surface area contributed by atoms with Crippen molar-refractivity contribution in [3.05, 3.63) is 0 Å². The second-order valence-electron chi connectivity index (χ2n) is 4.21. The molecule has 0 saturated heterocycles. The Balaban J connectivity index is 4.14. The Morgan fingerprint density at radius 3 is 2.31 bits per heavy atom. The number of nitrogens with two attached hydrogens (primary N) is 1. The second-order valence-corrected chi connectivity index (χ2v) is 6.08. The van der Waals surface area contributed by atoms with Crippen LogP contribution in [0.2, 0.25) is 0 Å². The summed E-state index contributed by atoms with van der Waals surface area (Å²) in [4.78, 5) is 0. The van der Waals surface area contributed by atoms with Crippen molar-refractivity contribution in [1.82, 2.24) is 4.72 Å². The lowest BCUT2D eigenvalue weighted by molar-refractivity contribution is 0.482. The topological polar surface area (TPSA) is 72.2 Å². The van der Waals surface area contributed by atoms with Gasteiger partial charge in [0.2, 0.25) is 10.0 Å². The lowest BCUT2D eigenvalue weighted by Gasteiger charge is -2.17. The van der Waals surface area contributed by atoms with Crippen molar-refractivity contribution >= 4 is 10.0 Å². The van der Waals surface area contributed by atoms with E-state index in [0.29, 0.717) is 13.0 Å². The summed E-state index contributed by atoms with van der Waals surface area (Å²) in [6.45, 7) is 4.62. The maximum absolute atomic E-state index is 11.7. The Kier molecular flexibility index (Phi) is 8.89. The summed E-state index contributed by atoms with van der Waals surface area (Å²) in [5, 5.41) is 0. The van der Waals surface area contributed by atoms with E-state index in [1.165, 1.54) is 0 Å². The molecule has 5 heteroatoms. The van der Waals surface area contributed by atoms with E-state index in [9.17, 15) is 8.42 Å². The number of hydrogen-bond donors (Lipinski definition) is 2. The number of nitrogens with one attached hydrogen (secondary N) is 1. The molecule has 98 valence electrons. The van der Waals surface area contributed by atoms with Crippen LogP contribution in [0, 0.1) is 0 Å². The Labute approximate surface area is 100 Å². The first-order valence-electron chi connectivity index (χ1n) is 6.25. The van der Waals surface area contributed by atoms with Crippen molar-refractivity contribution in [2.24, 2.45) is 5.73 Å². The van der Waals surface area contributed by atoms with Crippen LogP contribution in [0.1, 0.15) is 52.4 Å². The monoisotopic (exact) mass is 250 g/mol. The molecule has 0 fully saturated rings. The highest BCUT2D eigenvalue weighted by Crippen LogP contribution is 2.08. The molecule has 1 unspecified atom stereocenters. The van der Waals surface area contributed by atoms with E-state index in [1.807, 2.05) is 0 Å². The standard InChI is InChI=1S/C11H26N2O2S/c1-3-5-8-11(7-4-2)13-16(14,15)10-6-9-12/h11,13H,3-10,12H2,1-2H3. The number of rotatable bonds is 10. The predicted octanol–water partition coefficient (Wildman–Crippen LogP) is 1.61. The minimum atomic E-state index is -3.13. The minimum Gasteiger partial charge on any atom is -0.330 e. The molecule has 4 nitrogen and oxygen atoms in total. The van der Waals surface area contributed by atoms with Gasteiger partial charge in [-0.1, -0.05) is 33.1 Å². The van der Waals surface area contributed by atoms with Crippen molar-refractivity contribution in [3.63, 3.8) is 0 Å². The van der Waals surface area contributed by atoms with Gasteiger partial charge in [0.15, 0.2) is 0 Å². The third kappa shape index (κ3) is 8.07. The molecule has 0 bridgehead atoms. The molecular weight excluding hydrogens is 224 g/mol. The second kappa shape index (κ2) is 8.96. The summed E-state index contributed by atoms with van der Waals surface area (Å²) in [5.41, 5.74) is 5.31. The fourth-order valence-corrected chi connectivity index (χ4v) is 3.06. The number of hydrogen-bond acceptors (Lipinski definition) is 3. The Bertz CT molecular complexity index is 253. The molecule has 3 N–H and O–H groups in total. The van der Waals surface area contributed by atoms with Crippen molar-refractivity contribution in [2.75, 3.05) is 12.3 Å². The van der Waals surface area contributed by atoms with Crippen molar-refractivity contribution in [3.8, 4) is 0 Å². The van der Waals surface area contributed by atoms with Crippen molar-refractivity contribution in [1.29, 1.82) is 0 Å². The van der Waals surface area contributed by atoms with Crippen LogP contribution < -0.4 is 10.5 Å². The van der Waals surface area contributed by atoms with Gasteiger partial charge in [-0.3, -0.25) is 0 Å². The van der Waals surface area contributed by atoms with E-state index in [1.54, 1.807) is 0 Å². The van der Waals surface area contributed by atoms with E-state index in [-0.39, 0.29) is 11.8 Å². The largest absolute Gasteiger partial charge is 0.330 e. The lowest BCUT2D eigenvalue weighted by atomic mass is 10.1. The Morgan fingerprint density at radius 2 is 1.81 bits per heavy atom. The van der Waals surface area contributed by atoms with E-state index in [0.717, 1.165) is 32.1 Å².